The van der Waals surface area contributed by atoms with E-state index in [4.69, 9.17) is 17.0 Å². The molecule has 1 aromatic carbocycles. The fraction of sp³-hybridized carbons (Fsp3) is 0.350. The van der Waals surface area contributed by atoms with Gasteiger partial charge in [0.15, 0.2) is 5.11 Å². The summed E-state index contributed by atoms with van der Waals surface area (Å²) in [5, 5.41) is 7.28. The van der Waals surface area contributed by atoms with Gasteiger partial charge in [-0.2, -0.15) is 0 Å². The van der Waals surface area contributed by atoms with Crippen LogP contribution in [0, 0.1) is 5.92 Å². The zero-order valence-electron chi connectivity index (χ0n) is 16.0. The summed E-state index contributed by atoms with van der Waals surface area (Å²) >= 11 is 6.97. The van der Waals surface area contributed by atoms with E-state index in [1.54, 1.807) is 35.6 Å². The van der Waals surface area contributed by atoms with Gasteiger partial charge < -0.3 is 20.1 Å². The van der Waals surface area contributed by atoms with Crippen molar-refractivity contribution in [2.45, 2.75) is 26.2 Å². The molecule has 1 aliphatic rings. The Balaban J connectivity index is 1.76. The number of methoxy groups -OCH3 is 2. The van der Waals surface area contributed by atoms with Gasteiger partial charge in [0.25, 0.3) is 0 Å². The number of fused-ring (bicyclic) bond motifs is 1. The van der Waals surface area contributed by atoms with Gasteiger partial charge in [0.2, 0.25) is 0 Å². The average Bonchev–Trinajstić information content (AvgIpc) is 3.03. The van der Waals surface area contributed by atoms with Crippen LogP contribution in [0.1, 0.15) is 44.5 Å². The summed E-state index contributed by atoms with van der Waals surface area (Å²) in [6.07, 6.45) is 2.89. The summed E-state index contributed by atoms with van der Waals surface area (Å²) in [6, 6.07) is 6.79. The van der Waals surface area contributed by atoms with Crippen molar-refractivity contribution in [3.05, 3.63) is 45.8 Å². The predicted octanol–water partition coefficient (Wildman–Crippen LogP) is 4.26. The summed E-state index contributed by atoms with van der Waals surface area (Å²) in [7, 11) is 2.73. The normalized spacial score (nSPS) is 15.3. The third kappa shape index (κ3) is 4.34. The smallest absolute Gasteiger partial charge is 0.341 e. The number of carbonyl (C=O) groups excluding carboxylic acids is 2. The monoisotopic (exact) mass is 418 g/mol. The van der Waals surface area contributed by atoms with Crippen molar-refractivity contribution in [3.8, 4) is 0 Å². The molecule has 1 unspecified atom stereocenters. The van der Waals surface area contributed by atoms with E-state index in [1.165, 1.54) is 19.1 Å². The van der Waals surface area contributed by atoms with Gasteiger partial charge in [-0.1, -0.05) is 6.92 Å². The molecule has 0 saturated carbocycles. The highest BCUT2D eigenvalue weighted by Crippen LogP contribution is 2.40. The predicted molar refractivity (Wildman–Crippen MR) is 114 cm³/mol. The summed E-state index contributed by atoms with van der Waals surface area (Å²) in [4.78, 5) is 25.1. The highest BCUT2D eigenvalue weighted by Gasteiger charge is 2.28. The van der Waals surface area contributed by atoms with Crippen LogP contribution in [0.2, 0.25) is 0 Å². The van der Waals surface area contributed by atoms with Gasteiger partial charge in [-0.15, -0.1) is 11.3 Å². The minimum absolute atomic E-state index is 0.347. The maximum Gasteiger partial charge on any atom is 0.341 e. The van der Waals surface area contributed by atoms with Gasteiger partial charge in [-0.25, -0.2) is 9.59 Å². The number of anilines is 2. The summed E-state index contributed by atoms with van der Waals surface area (Å²) in [6.45, 7) is 2.22. The van der Waals surface area contributed by atoms with Gasteiger partial charge in [0, 0.05) is 10.6 Å². The summed E-state index contributed by atoms with van der Waals surface area (Å²) in [5.74, 6) is -0.143. The first-order valence-corrected chi connectivity index (χ1v) is 10.1. The lowest BCUT2D eigenvalue weighted by Crippen LogP contribution is -2.20. The fourth-order valence-electron chi connectivity index (χ4n) is 3.23. The molecule has 3 rings (SSSR count). The molecule has 6 nitrogen and oxygen atoms in total. The van der Waals surface area contributed by atoms with Crippen molar-refractivity contribution >= 4 is 51.3 Å². The van der Waals surface area contributed by atoms with Crippen molar-refractivity contribution < 1.29 is 19.1 Å². The van der Waals surface area contributed by atoms with E-state index in [0.29, 0.717) is 27.2 Å². The van der Waals surface area contributed by atoms with Crippen LogP contribution in [0.3, 0.4) is 0 Å². The maximum absolute atomic E-state index is 12.4. The van der Waals surface area contributed by atoms with Crippen molar-refractivity contribution in [2.75, 3.05) is 24.9 Å². The molecule has 0 amide bonds. The number of thiocarbonyl (C=S) groups is 1. The van der Waals surface area contributed by atoms with Crippen molar-refractivity contribution in [1.29, 1.82) is 0 Å². The molecule has 0 fully saturated rings. The number of thiophene rings is 1. The van der Waals surface area contributed by atoms with Crippen LogP contribution in [0.4, 0.5) is 10.7 Å². The minimum Gasteiger partial charge on any atom is -0.465 e. The number of esters is 2. The lowest BCUT2D eigenvalue weighted by molar-refractivity contribution is 0.0592. The van der Waals surface area contributed by atoms with Gasteiger partial charge in [0.05, 0.1) is 25.3 Å². The van der Waals surface area contributed by atoms with E-state index in [0.717, 1.165) is 30.5 Å². The standard InChI is InChI=1S/C20H22N2O4S2/c1-11-4-9-14-15(10-11)28-17(16(14)19(24)26-3)22-20(27)21-13-7-5-12(6-8-13)18(23)25-2/h5-8,11H,4,9-10H2,1-3H3,(H2,21,22,27). The van der Waals surface area contributed by atoms with Gasteiger partial charge in [0.1, 0.15) is 5.00 Å². The third-order valence-electron chi connectivity index (χ3n) is 4.69. The molecule has 28 heavy (non-hydrogen) atoms. The Labute approximate surface area is 173 Å². The fourth-order valence-corrected chi connectivity index (χ4v) is 4.92. The summed E-state index contributed by atoms with van der Waals surface area (Å²) in [5.41, 5.74) is 2.84. The molecule has 148 valence electrons. The van der Waals surface area contributed by atoms with Crippen molar-refractivity contribution in [2.24, 2.45) is 5.92 Å². The van der Waals surface area contributed by atoms with Crippen LogP contribution in [0.25, 0.3) is 0 Å². The largest absolute Gasteiger partial charge is 0.465 e. The molecule has 2 N–H and O–H groups in total. The zero-order valence-corrected chi connectivity index (χ0v) is 17.6. The number of ether oxygens (including phenoxy) is 2. The Hall–Kier alpha value is -2.45. The molecule has 0 bridgehead atoms. The Kier molecular flexibility index (Phi) is 6.31. The Morgan fingerprint density at radius 2 is 1.79 bits per heavy atom. The minimum atomic E-state index is -0.395. The number of hydrogen-bond donors (Lipinski definition) is 2. The highest BCUT2D eigenvalue weighted by molar-refractivity contribution is 7.80. The van der Waals surface area contributed by atoms with E-state index >= 15 is 0 Å². The molecule has 0 radical (unpaired) electrons. The molecule has 8 heteroatoms. The lowest BCUT2D eigenvalue weighted by Gasteiger charge is -2.18. The molecule has 0 saturated heterocycles. The first-order valence-electron chi connectivity index (χ1n) is 8.92. The Morgan fingerprint density at radius 1 is 1.11 bits per heavy atom. The van der Waals surface area contributed by atoms with E-state index in [9.17, 15) is 9.59 Å². The zero-order chi connectivity index (χ0) is 20.3. The van der Waals surface area contributed by atoms with Gasteiger partial charge in [-0.3, -0.25) is 0 Å². The van der Waals surface area contributed by atoms with E-state index in [-0.39, 0.29) is 5.97 Å². The van der Waals surface area contributed by atoms with Crippen LogP contribution >= 0.6 is 23.6 Å². The quantitative estimate of drug-likeness (QED) is 0.568. The van der Waals surface area contributed by atoms with E-state index in [1.807, 2.05) is 0 Å². The van der Waals surface area contributed by atoms with Crippen LogP contribution in [0.15, 0.2) is 24.3 Å². The molecule has 0 aliphatic heterocycles. The van der Waals surface area contributed by atoms with Gasteiger partial charge in [-0.05, 0) is 67.2 Å². The molecular formula is C20H22N2O4S2. The SMILES string of the molecule is COC(=O)c1ccc(NC(=S)Nc2sc3c(c2C(=O)OC)CCC(C)C3)cc1. The molecule has 1 aliphatic carbocycles. The second-order valence-electron chi connectivity index (χ2n) is 6.70. The number of carbonyl (C=O) groups is 2. The second kappa shape index (κ2) is 8.70. The van der Waals surface area contributed by atoms with Crippen molar-refractivity contribution in [1.82, 2.24) is 0 Å². The molecular weight excluding hydrogens is 396 g/mol. The Bertz CT molecular complexity index is 906. The number of rotatable bonds is 4. The average molecular weight is 419 g/mol. The summed E-state index contributed by atoms with van der Waals surface area (Å²) < 4.78 is 9.68. The third-order valence-corrected chi connectivity index (χ3v) is 6.07. The first kappa shape index (κ1) is 20.3. The van der Waals surface area contributed by atoms with Crippen LogP contribution in [-0.4, -0.2) is 31.3 Å². The lowest BCUT2D eigenvalue weighted by atomic mass is 9.88. The van der Waals surface area contributed by atoms with Crippen molar-refractivity contribution in [3.63, 3.8) is 0 Å². The maximum atomic E-state index is 12.4. The van der Waals surface area contributed by atoms with E-state index in [2.05, 4.69) is 22.3 Å². The topological polar surface area (TPSA) is 76.7 Å². The second-order valence-corrected chi connectivity index (χ2v) is 8.21. The molecule has 0 spiro atoms. The van der Waals surface area contributed by atoms with E-state index < -0.39 is 5.97 Å². The Morgan fingerprint density at radius 3 is 2.43 bits per heavy atom. The first-order chi connectivity index (χ1) is 13.4. The molecule has 1 atom stereocenters. The molecule has 1 heterocycles. The molecule has 2 aromatic rings. The molecule has 1 aromatic heterocycles. The van der Waals surface area contributed by atoms with Crippen LogP contribution in [0.5, 0.6) is 0 Å². The van der Waals surface area contributed by atoms with Gasteiger partial charge >= 0.3 is 11.9 Å². The number of benzene rings is 1. The number of nitrogens with one attached hydrogen (secondary N) is 2. The highest BCUT2D eigenvalue weighted by atomic mass is 32.1. The van der Waals surface area contributed by atoms with Crippen LogP contribution in [-0.2, 0) is 22.3 Å². The van der Waals surface area contributed by atoms with Crippen LogP contribution < -0.4 is 10.6 Å². The number of hydrogen-bond acceptors (Lipinski definition) is 6.